The summed E-state index contributed by atoms with van der Waals surface area (Å²) in [6.07, 6.45) is -4.48. The van der Waals surface area contributed by atoms with Crippen LogP contribution in [-0.2, 0) is 13.2 Å². The fourth-order valence-corrected chi connectivity index (χ4v) is 4.43. The number of aromatic nitrogens is 3. The van der Waals surface area contributed by atoms with Crippen molar-refractivity contribution in [2.75, 3.05) is 0 Å². The highest BCUT2D eigenvalue weighted by Gasteiger charge is 2.35. The third kappa shape index (κ3) is 3.14. The maximum atomic E-state index is 14.0. The Balaban J connectivity index is 1.91. The fraction of sp³-hybridized carbons (Fsp3) is 0.154. The summed E-state index contributed by atoms with van der Waals surface area (Å²) in [7, 11) is 1.77. The Morgan fingerprint density at radius 3 is 2.38 bits per heavy atom. The van der Waals surface area contributed by atoms with Crippen LogP contribution >= 0.6 is 0 Å². The average Bonchev–Trinajstić information content (AvgIpc) is 3.09. The molecule has 0 aliphatic heterocycles. The van der Waals surface area contributed by atoms with Crippen LogP contribution in [0.5, 0.6) is 0 Å². The van der Waals surface area contributed by atoms with E-state index in [1.165, 1.54) is 12.1 Å². The smallest absolute Gasteiger partial charge is 0.267 e. The number of pyridine rings is 1. The molecule has 32 heavy (non-hydrogen) atoms. The third-order valence-corrected chi connectivity index (χ3v) is 5.98. The van der Waals surface area contributed by atoms with Crippen molar-refractivity contribution in [2.24, 2.45) is 7.05 Å². The highest BCUT2D eigenvalue weighted by Crippen LogP contribution is 2.38. The maximum Gasteiger partial charge on any atom is 0.416 e. The Labute approximate surface area is 183 Å². The minimum atomic E-state index is -4.48. The summed E-state index contributed by atoms with van der Waals surface area (Å²) < 4.78 is 45.7. The van der Waals surface area contributed by atoms with E-state index in [-0.39, 0.29) is 0 Å². The lowest BCUT2D eigenvalue weighted by Gasteiger charge is -2.15. The molecule has 0 saturated heterocycles. The quantitative estimate of drug-likeness (QED) is 0.300. The first-order valence-corrected chi connectivity index (χ1v) is 10.3. The zero-order valence-corrected chi connectivity index (χ0v) is 17.9. The van der Waals surface area contributed by atoms with Gasteiger partial charge in [-0.25, -0.2) is 0 Å². The summed E-state index contributed by atoms with van der Waals surface area (Å²) in [5.41, 5.74) is 4.23. The molecule has 6 heteroatoms. The van der Waals surface area contributed by atoms with Crippen LogP contribution < -0.4 is 4.57 Å². The van der Waals surface area contributed by atoms with Crippen molar-refractivity contribution in [1.82, 2.24) is 9.78 Å². The van der Waals surface area contributed by atoms with Gasteiger partial charge >= 0.3 is 6.18 Å². The normalized spacial score (nSPS) is 12.1. The van der Waals surface area contributed by atoms with E-state index in [1.54, 1.807) is 11.7 Å². The number of aryl methyl sites for hydroxylation is 2. The van der Waals surface area contributed by atoms with Gasteiger partial charge in [-0.15, -0.1) is 0 Å². The molecule has 0 radical (unpaired) electrons. The first-order valence-electron chi connectivity index (χ1n) is 10.3. The molecular formula is C26H21F3N3+. The standard InChI is InChI=1S/C26H21F3N3/c1-16-12-13-18-8-4-7-11-23(18)32(16)24-15-19(26(27,28)29)14-21(17(24)2)25-20-9-5-6-10-22(20)30-31(25)3/h4-15H,1-3H3/q+1. The number of hydrogen-bond donors (Lipinski definition) is 0. The van der Waals surface area contributed by atoms with Gasteiger partial charge < -0.3 is 0 Å². The Morgan fingerprint density at radius 2 is 1.59 bits per heavy atom. The predicted octanol–water partition coefficient (Wildman–Crippen LogP) is 6.31. The summed E-state index contributed by atoms with van der Waals surface area (Å²) in [5, 5.41) is 6.30. The maximum absolute atomic E-state index is 14.0. The van der Waals surface area contributed by atoms with Crippen LogP contribution in [0.3, 0.4) is 0 Å². The van der Waals surface area contributed by atoms with Crippen LogP contribution in [0.4, 0.5) is 13.2 Å². The number of benzene rings is 3. The fourth-order valence-electron chi connectivity index (χ4n) is 4.43. The minimum absolute atomic E-state index is 0.509. The molecule has 0 atom stereocenters. The van der Waals surface area contributed by atoms with Gasteiger partial charge in [-0.1, -0.05) is 30.3 Å². The molecule has 2 aromatic heterocycles. The van der Waals surface area contributed by atoms with Crippen molar-refractivity contribution in [2.45, 2.75) is 20.0 Å². The van der Waals surface area contributed by atoms with Gasteiger partial charge in [0.1, 0.15) is 0 Å². The van der Waals surface area contributed by atoms with Gasteiger partial charge in [0.25, 0.3) is 0 Å². The Hall–Kier alpha value is -3.67. The van der Waals surface area contributed by atoms with Crippen LogP contribution in [-0.4, -0.2) is 9.78 Å². The molecule has 5 aromatic rings. The molecule has 5 rings (SSSR count). The molecule has 0 spiro atoms. The number of alkyl halides is 3. The first-order chi connectivity index (χ1) is 15.3. The van der Waals surface area contributed by atoms with Gasteiger partial charge in [-0.05, 0) is 31.2 Å². The summed E-state index contributed by atoms with van der Waals surface area (Å²) in [5.74, 6) is 0. The van der Waals surface area contributed by atoms with Crippen molar-refractivity contribution < 1.29 is 17.7 Å². The molecule has 0 amide bonds. The lowest BCUT2D eigenvalue weighted by Crippen LogP contribution is -2.36. The molecule has 0 aliphatic rings. The van der Waals surface area contributed by atoms with Gasteiger partial charge in [-0.3, -0.25) is 4.68 Å². The van der Waals surface area contributed by atoms with Gasteiger partial charge in [0.05, 0.1) is 16.8 Å². The number of halogens is 3. The lowest BCUT2D eigenvalue weighted by molar-refractivity contribution is -0.575. The number of hydrogen-bond acceptors (Lipinski definition) is 1. The summed E-state index contributed by atoms with van der Waals surface area (Å²) in [6.45, 7) is 3.78. The molecule has 0 bridgehead atoms. The van der Waals surface area contributed by atoms with Crippen LogP contribution in [0.25, 0.3) is 38.8 Å². The molecular weight excluding hydrogens is 411 g/mol. The first kappa shape index (κ1) is 20.2. The van der Waals surface area contributed by atoms with Crippen molar-refractivity contribution in [3.8, 4) is 16.9 Å². The zero-order valence-electron chi connectivity index (χ0n) is 17.9. The second kappa shape index (κ2) is 7.19. The molecule has 0 aliphatic carbocycles. The van der Waals surface area contributed by atoms with E-state index in [9.17, 15) is 13.2 Å². The molecule has 0 fully saturated rings. The average molecular weight is 432 g/mol. The molecule has 2 heterocycles. The monoisotopic (exact) mass is 432 g/mol. The molecule has 160 valence electrons. The summed E-state index contributed by atoms with van der Waals surface area (Å²) >= 11 is 0. The SMILES string of the molecule is Cc1c(-c2c3ccccc3nn2C)cc(C(F)(F)F)cc1-[n+]1c(C)ccc2ccccc21. The van der Waals surface area contributed by atoms with E-state index in [4.69, 9.17) is 0 Å². The Bertz CT molecular complexity index is 1500. The lowest BCUT2D eigenvalue weighted by atomic mass is 9.97. The van der Waals surface area contributed by atoms with Crippen molar-refractivity contribution >= 4 is 21.8 Å². The summed E-state index contributed by atoms with van der Waals surface area (Å²) in [4.78, 5) is 0. The molecule has 3 aromatic carbocycles. The second-order valence-corrected chi connectivity index (χ2v) is 8.02. The van der Waals surface area contributed by atoms with Crippen LogP contribution in [0.15, 0.2) is 72.8 Å². The number of fused-ring (bicyclic) bond motifs is 2. The molecule has 0 unspecified atom stereocenters. The van der Waals surface area contributed by atoms with E-state index in [0.29, 0.717) is 16.9 Å². The molecule has 0 N–H and O–H groups in total. The topological polar surface area (TPSA) is 21.7 Å². The summed E-state index contributed by atoms with van der Waals surface area (Å²) in [6, 6.07) is 21.6. The van der Waals surface area contributed by atoms with E-state index < -0.39 is 11.7 Å². The van der Waals surface area contributed by atoms with Crippen LogP contribution in [0.1, 0.15) is 16.8 Å². The van der Waals surface area contributed by atoms with E-state index in [1.807, 2.05) is 79.1 Å². The van der Waals surface area contributed by atoms with Crippen molar-refractivity contribution in [1.29, 1.82) is 0 Å². The minimum Gasteiger partial charge on any atom is -0.267 e. The Kier molecular flexibility index (Phi) is 4.55. The van der Waals surface area contributed by atoms with Gasteiger partial charge in [0, 0.05) is 54.1 Å². The van der Waals surface area contributed by atoms with E-state index in [2.05, 4.69) is 5.10 Å². The van der Waals surface area contributed by atoms with Gasteiger partial charge in [0.15, 0.2) is 5.69 Å². The van der Waals surface area contributed by atoms with Crippen LogP contribution in [0, 0.1) is 13.8 Å². The third-order valence-electron chi connectivity index (χ3n) is 5.98. The predicted molar refractivity (Wildman–Crippen MR) is 120 cm³/mol. The van der Waals surface area contributed by atoms with Gasteiger partial charge in [-0.2, -0.15) is 22.8 Å². The number of para-hydroxylation sites is 1. The number of rotatable bonds is 2. The molecule has 0 saturated carbocycles. The largest absolute Gasteiger partial charge is 0.416 e. The zero-order chi connectivity index (χ0) is 22.6. The van der Waals surface area contributed by atoms with Gasteiger partial charge in [0.2, 0.25) is 11.2 Å². The number of nitrogens with zero attached hydrogens (tertiary/aromatic N) is 3. The molecule has 3 nitrogen and oxygen atoms in total. The van der Waals surface area contributed by atoms with Crippen molar-refractivity contribution in [3.63, 3.8) is 0 Å². The Morgan fingerprint density at radius 1 is 0.875 bits per heavy atom. The highest BCUT2D eigenvalue weighted by molar-refractivity contribution is 5.94. The highest BCUT2D eigenvalue weighted by atomic mass is 19.4. The van der Waals surface area contributed by atoms with E-state index >= 15 is 0 Å². The van der Waals surface area contributed by atoms with E-state index in [0.717, 1.165) is 33.1 Å². The van der Waals surface area contributed by atoms with Crippen LogP contribution in [0.2, 0.25) is 0 Å². The van der Waals surface area contributed by atoms with Crippen molar-refractivity contribution in [3.05, 3.63) is 89.6 Å². The second-order valence-electron chi connectivity index (χ2n) is 8.02.